The van der Waals surface area contributed by atoms with E-state index < -0.39 is 0 Å². The summed E-state index contributed by atoms with van der Waals surface area (Å²) in [6, 6.07) is 12.2. The zero-order chi connectivity index (χ0) is 13.7. The highest BCUT2D eigenvalue weighted by Crippen LogP contribution is 2.07. The molecule has 5 heteroatoms. The monoisotopic (exact) mass is 257 g/mol. The van der Waals surface area contributed by atoms with Gasteiger partial charge in [0.05, 0.1) is 17.9 Å². The Morgan fingerprint density at radius 1 is 1.32 bits per heavy atom. The number of aromatic nitrogens is 2. The maximum atomic E-state index is 5.74. The van der Waals surface area contributed by atoms with Crippen LogP contribution < -0.4 is 11.1 Å². The molecule has 19 heavy (non-hydrogen) atoms. The molecule has 2 aromatic rings. The predicted octanol–water partition coefficient (Wildman–Crippen LogP) is 1.68. The molecule has 0 fully saturated rings. The van der Waals surface area contributed by atoms with E-state index in [2.05, 4.69) is 15.4 Å². The van der Waals surface area contributed by atoms with Crippen molar-refractivity contribution in [1.82, 2.24) is 15.1 Å². The lowest BCUT2D eigenvalue weighted by Gasteiger charge is -2.07. The Labute approximate surface area is 113 Å². The van der Waals surface area contributed by atoms with E-state index in [0.29, 0.717) is 12.5 Å². The van der Waals surface area contributed by atoms with Crippen LogP contribution in [0.3, 0.4) is 0 Å². The maximum Gasteiger partial charge on any atom is 0.189 e. The van der Waals surface area contributed by atoms with Crippen LogP contribution in [0.1, 0.15) is 19.5 Å². The third kappa shape index (κ3) is 3.84. The highest BCUT2D eigenvalue weighted by Gasteiger charge is 2.01. The Morgan fingerprint density at radius 3 is 2.74 bits per heavy atom. The fourth-order valence-corrected chi connectivity index (χ4v) is 1.68. The van der Waals surface area contributed by atoms with E-state index in [0.717, 1.165) is 11.4 Å². The van der Waals surface area contributed by atoms with Crippen molar-refractivity contribution in [2.45, 2.75) is 26.4 Å². The molecule has 0 unspecified atom stereocenters. The van der Waals surface area contributed by atoms with Gasteiger partial charge < -0.3 is 11.1 Å². The van der Waals surface area contributed by atoms with Crippen LogP contribution in [-0.2, 0) is 6.54 Å². The van der Waals surface area contributed by atoms with E-state index >= 15 is 0 Å². The lowest BCUT2D eigenvalue weighted by molar-refractivity contribution is 0.722. The van der Waals surface area contributed by atoms with Crippen molar-refractivity contribution in [2.75, 3.05) is 0 Å². The van der Waals surface area contributed by atoms with E-state index in [9.17, 15) is 0 Å². The standard InChI is InChI=1S/C14H19N5/c1-11(2)17-14(15)16-10-12-8-9-19(18-12)13-6-4-3-5-7-13/h3-9,11H,10H2,1-2H3,(H3,15,16,17). The molecule has 2 rings (SSSR count). The largest absolute Gasteiger partial charge is 0.370 e. The molecule has 0 saturated carbocycles. The fourth-order valence-electron chi connectivity index (χ4n) is 1.68. The van der Waals surface area contributed by atoms with Crippen LogP contribution >= 0.6 is 0 Å². The minimum Gasteiger partial charge on any atom is -0.370 e. The molecule has 0 radical (unpaired) electrons. The summed E-state index contributed by atoms with van der Waals surface area (Å²) in [6.45, 7) is 4.52. The molecular weight excluding hydrogens is 238 g/mol. The highest BCUT2D eigenvalue weighted by molar-refractivity contribution is 5.77. The fraction of sp³-hybridized carbons (Fsp3) is 0.286. The molecule has 0 spiro atoms. The summed E-state index contributed by atoms with van der Waals surface area (Å²) < 4.78 is 1.83. The van der Waals surface area contributed by atoms with E-state index in [1.54, 1.807) is 0 Å². The van der Waals surface area contributed by atoms with Crippen LogP contribution in [0.4, 0.5) is 0 Å². The van der Waals surface area contributed by atoms with Gasteiger partial charge in [0.1, 0.15) is 0 Å². The van der Waals surface area contributed by atoms with Crippen molar-refractivity contribution in [2.24, 2.45) is 10.7 Å². The smallest absolute Gasteiger partial charge is 0.189 e. The molecule has 5 nitrogen and oxygen atoms in total. The second-order valence-electron chi connectivity index (χ2n) is 4.59. The molecular formula is C14H19N5. The Bertz CT molecular complexity index is 542. The van der Waals surface area contributed by atoms with Crippen LogP contribution in [0.25, 0.3) is 5.69 Å². The first-order chi connectivity index (χ1) is 9.15. The molecule has 0 aliphatic rings. The molecule has 0 saturated heterocycles. The molecule has 0 bridgehead atoms. The van der Waals surface area contributed by atoms with Gasteiger partial charge in [-0.3, -0.25) is 0 Å². The second kappa shape index (κ2) is 6.04. The summed E-state index contributed by atoms with van der Waals surface area (Å²) in [4.78, 5) is 4.25. The van der Waals surface area contributed by atoms with Crippen molar-refractivity contribution in [3.8, 4) is 5.69 Å². The number of nitrogens with two attached hydrogens (primary N) is 1. The van der Waals surface area contributed by atoms with Crippen molar-refractivity contribution in [1.29, 1.82) is 0 Å². The van der Waals surface area contributed by atoms with Crippen molar-refractivity contribution >= 4 is 5.96 Å². The summed E-state index contributed by atoms with van der Waals surface area (Å²) in [5.74, 6) is 0.448. The second-order valence-corrected chi connectivity index (χ2v) is 4.59. The van der Waals surface area contributed by atoms with Gasteiger partial charge in [-0.15, -0.1) is 0 Å². The summed E-state index contributed by atoms with van der Waals surface area (Å²) in [5, 5.41) is 7.50. The van der Waals surface area contributed by atoms with Gasteiger partial charge >= 0.3 is 0 Å². The minimum absolute atomic E-state index is 0.283. The van der Waals surface area contributed by atoms with E-state index in [1.165, 1.54) is 0 Å². The van der Waals surface area contributed by atoms with Crippen molar-refractivity contribution in [3.63, 3.8) is 0 Å². The molecule has 0 atom stereocenters. The Balaban J connectivity index is 2.02. The average molecular weight is 257 g/mol. The number of hydrogen-bond donors (Lipinski definition) is 2. The summed E-state index contributed by atoms with van der Waals surface area (Å²) in [5.41, 5.74) is 7.66. The van der Waals surface area contributed by atoms with E-state index in [1.807, 2.05) is 61.1 Å². The Morgan fingerprint density at radius 2 is 2.05 bits per heavy atom. The van der Waals surface area contributed by atoms with Gasteiger partial charge in [0.25, 0.3) is 0 Å². The van der Waals surface area contributed by atoms with Gasteiger partial charge in [-0.2, -0.15) is 5.10 Å². The minimum atomic E-state index is 0.283. The summed E-state index contributed by atoms with van der Waals surface area (Å²) in [7, 11) is 0. The normalized spacial score (nSPS) is 11.8. The van der Waals surface area contributed by atoms with E-state index in [4.69, 9.17) is 5.73 Å². The van der Waals surface area contributed by atoms with Gasteiger partial charge in [0.2, 0.25) is 0 Å². The number of nitrogens with zero attached hydrogens (tertiary/aromatic N) is 3. The SMILES string of the molecule is CC(C)NC(N)=NCc1ccn(-c2ccccc2)n1. The van der Waals surface area contributed by atoms with Crippen molar-refractivity contribution in [3.05, 3.63) is 48.3 Å². The average Bonchev–Trinajstić information content (AvgIpc) is 2.85. The Kier molecular flexibility index (Phi) is 4.18. The maximum absolute atomic E-state index is 5.74. The lowest BCUT2D eigenvalue weighted by atomic mass is 10.3. The van der Waals surface area contributed by atoms with Crippen LogP contribution in [0.15, 0.2) is 47.6 Å². The highest BCUT2D eigenvalue weighted by atomic mass is 15.3. The van der Waals surface area contributed by atoms with Crippen LogP contribution in [0.2, 0.25) is 0 Å². The van der Waals surface area contributed by atoms with Crippen LogP contribution in [-0.4, -0.2) is 21.8 Å². The van der Waals surface area contributed by atoms with Gasteiger partial charge in [-0.25, -0.2) is 9.67 Å². The zero-order valence-corrected chi connectivity index (χ0v) is 11.2. The quantitative estimate of drug-likeness (QED) is 0.647. The van der Waals surface area contributed by atoms with Crippen LogP contribution in [0, 0.1) is 0 Å². The topological polar surface area (TPSA) is 68.2 Å². The molecule has 0 aliphatic heterocycles. The first kappa shape index (κ1) is 13.1. The van der Waals surface area contributed by atoms with Crippen LogP contribution in [0.5, 0.6) is 0 Å². The number of benzene rings is 1. The molecule has 100 valence electrons. The molecule has 1 aromatic heterocycles. The van der Waals surface area contributed by atoms with Gasteiger partial charge in [0.15, 0.2) is 5.96 Å². The molecule has 0 aliphatic carbocycles. The molecule has 1 aromatic carbocycles. The number of rotatable bonds is 4. The molecule has 3 N–H and O–H groups in total. The third-order valence-corrected chi connectivity index (χ3v) is 2.51. The summed E-state index contributed by atoms with van der Waals surface area (Å²) >= 11 is 0. The predicted molar refractivity (Wildman–Crippen MR) is 77.2 cm³/mol. The van der Waals surface area contributed by atoms with E-state index in [-0.39, 0.29) is 6.04 Å². The lowest BCUT2D eigenvalue weighted by Crippen LogP contribution is -2.36. The number of guanidine groups is 1. The van der Waals surface area contributed by atoms with Gasteiger partial charge in [-0.1, -0.05) is 18.2 Å². The van der Waals surface area contributed by atoms with Gasteiger partial charge in [-0.05, 0) is 32.0 Å². The van der Waals surface area contributed by atoms with Crippen molar-refractivity contribution < 1.29 is 0 Å². The van der Waals surface area contributed by atoms with Gasteiger partial charge in [0, 0.05) is 12.2 Å². The number of para-hydroxylation sites is 1. The number of aliphatic imine (C=N–C) groups is 1. The summed E-state index contributed by atoms with van der Waals surface area (Å²) in [6.07, 6.45) is 1.92. The zero-order valence-electron chi connectivity index (χ0n) is 11.2. The third-order valence-electron chi connectivity index (χ3n) is 2.51. The molecule has 1 heterocycles. The molecule has 0 amide bonds. The number of nitrogens with one attached hydrogen (secondary N) is 1. The first-order valence-corrected chi connectivity index (χ1v) is 6.31. The Hall–Kier alpha value is -2.30. The number of hydrogen-bond acceptors (Lipinski definition) is 2. The first-order valence-electron chi connectivity index (χ1n) is 6.31.